The van der Waals surface area contributed by atoms with E-state index in [4.69, 9.17) is 5.11 Å². The number of Topliss-reactive ketones (excluding diaryl/α,β-unsaturated/α-hetero) is 1. The molecule has 0 radical (unpaired) electrons. The van der Waals surface area contributed by atoms with E-state index in [0.717, 1.165) is 10.5 Å². The van der Waals surface area contributed by atoms with Gasteiger partial charge >= 0.3 is 5.97 Å². The number of benzene rings is 1. The zero-order valence-corrected chi connectivity index (χ0v) is 11.7. The second kappa shape index (κ2) is 5.40. The van der Waals surface area contributed by atoms with Crippen LogP contribution in [0.15, 0.2) is 35.6 Å². The molecule has 0 bridgehead atoms. The van der Waals surface area contributed by atoms with Crippen molar-refractivity contribution in [2.45, 2.75) is 19.9 Å². The van der Waals surface area contributed by atoms with E-state index < -0.39 is 36.0 Å². The van der Waals surface area contributed by atoms with Gasteiger partial charge in [0.2, 0.25) is 0 Å². The van der Waals surface area contributed by atoms with Crippen LogP contribution in [0.1, 0.15) is 24.1 Å². The van der Waals surface area contributed by atoms with Crippen LogP contribution in [0.3, 0.4) is 0 Å². The van der Waals surface area contributed by atoms with Crippen molar-refractivity contribution in [3.8, 4) is 0 Å². The highest BCUT2D eigenvalue weighted by Crippen LogP contribution is 2.37. The van der Waals surface area contributed by atoms with Gasteiger partial charge in [-0.3, -0.25) is 14.4 Å². The molecule has 6 nitrogen and oxygen atoms in total. The minimum Gasteiger partial charge on any atom is -0.503 e. The lowest BCUT2D eigenvalue weighted by atomic mass is 9.96. The molecular formula is C15H15NO5. The van der Waals surface area contributed by atoms with Crippen LogP contribution in [0, 0.1) is 6.92 Å². The number of aliphatic hydroxyl groups excluding tert-OH is 1. The second-order valence-electron chi connectivity index (χ2n) is 4.96. The number of aliphatic carboxylic acids is 1. The van der Waals surface area contributed by atoms with Gasteiger partial charge in [0.05, 0.1) is 11.6 Å². The van der Waals surface area contributed by atoms with Gasteiger partial charge < -0.3 is 15.1 Å². The number of nitrogens with zero attached hydrogens (tertiary/aromatic N) is 1. The van der Waals surface area contributed by atoms with Crippen molar-refractivity contribution in [3.63, 3.8) is 0 Å². The molecule has 1 aliphatic heterocycles. The lowest BCUT2D eigenvalue weighted by molar-refractivity contribution is -0.144. The second-order valence-corrected chi connectivity index (χ2v) is 4.96. The molecule has 1 aliphatic rings. The minimum atomic E-state index is -1.21. The van der Waals surface area contributed by atoms with Gasteiger partial charge in [-0.1, -0.05) is 29.8 Å². The summed E-state index contributed by atoms with van der Waals surface area (Å²) in [4.78, 5) is 35.7. The Bertz CT molecular complexity index is 645. The molecule has 1 amide bonds. The molecular weight excluding hydrogens is 274 g/mol. The van der Waals surface area contributed by atoms with Crippen molar-refractivity contribution in [3.05, 3.63) is 46.7 Å². The van der Waals surface area contributed by atoms with Crippen molar-refractivity contribution in [2.75, 3.05) is 6.54 Å². The highest BCUT2D eigenvalue weighted by atomic mass is 16.4. The van der Waals surface area contributed by atoms with E-state index in [1.165, 1.54) is 6.92 Å². The van der Waals surface area contributed by atoms with Gasteiger partial charge in [0, 0.05) is 0 Å². The summed E-state index contributed by atoms with van der Waals surface area (Å²) in [5.41, 5.74) is 1.51. The highest BCUT2D eigenvalue weighted by molar-refractivity contribution is 6.08. The molecule has 2 N–H and O–H groups in total. The van der Waals surface area contributed by atoms with Gasteiger partial charge in [0.25, 0.3) is 5.91 Å². The fourth-order valence-electron chi connectivity index (χ4n) is 2.42. The molecule has 1 aromatic carbocycles. The van der Waals surface area contributed by atoms with Crippen LogP contribution in [-0.2, 0) is 14.4 Å². The average Bonchev–Trinajstić information content (AvgIpc) is 2.64. The number of carboxylic acid groups (broad SMARTS) is 1. The van der Waals surface area contributed by atoms with Crippen molar-refractivity contribution >= 4 is 17.7 Å². The largest absolute Gasteiger partial charge is 0.503 e. The number of ketones is 1. The molecule has 21 heavy (non-hydrogen) atoms. The van der Waals surface area contributed by atoms with Crippen molar-refractivity contribution < 1.29 is 24.6 Å². The molecule has 0 saturated heterocycles. The third kappa shape index (κ3) is 2.65. The molecule has 0 aliphatic carbocycles. The summed E-state index contributed by atoms with van der Waals surface area (Å²) in [5, 5.41) is 18.8. The maximum Gasteiger partial charge on any atom is 0.323 e. The first-order chi connectivity index (χ1) is 9.82. The number of hydrogen-bond donors (Lipinski definition) is 2. The SMILES string of the molecule is CC(=O)C1=C(O)C(=O)N(CC(=O)O)C1c1ccc(C)cc1. The summed E-state index contributed by atoms with van der Waals surface area (Å²) >= 11 is 0. The zero-order chi connectivity index (χ0) is 15.7. The fraction of sp³-hybridized carbons (Fsp3) is 0.267. The van der Waals surface area contributed by atoms with Crippen LogP contribution in [-0.4, -0.2) is 39.3 Å². The van der Waals surface area contributed by atoms with Crippen LogP contribution >= 0.6 is 0 Å². The number of carboxylic acids is 1. The third-order valence-corrected chi connectivity index (χ3v) is 3.38. The van der Waals surface area contributed by atoms with Gasteiger partial charge in [-0.05, 0) is 19.4 Å². The lowest BCUT2D eigenvalue weighted by Crippen LogP contribution is -2.35. The summed E-state index contributed by atoms with van der Waals surface area (Å²) in [6.07, 6.45) is 0. The molecule has 0 saturated carbocycles. The van der Waals surface area contributed by atoms with E-state index >= 15 is 0 Å². The predicted molar refractivity (Wildman–Crippen MR) is 73.6 cm³/mol. The molecule has 0 aromatic heterocycles. The van der Waals surface area contributed by atoms with Crippen molar-refractivity contribution in [1.82, 2.24) is 4.90 Å². The molecule has 1 unspecified atom stereocenters. The molecule has 110 valence electrons. The Morgan fingerprint density at radius 1 is 1.24 bits per heavy atom. The molecule has 6 heteroatoms. The van der Waals surface area contributed by atoms with Crippen LogP contribution in [0.5, 0.6) is 0 Å². The Morgan fingerprint density at radius 3 is 2.29 bits per heavy atom. The molecule has 0 fully saturated rings. The van der Waals surface area contributed by atoms with Gasteiger partial charge in [-0.25, -0.2) is 0 Å². The van der Waals surface area contributed by atoms with Crippen LogP contribution in [0.4, 0.5) is 0 Å². The first-order valence-corrected chi connectivity index (χ1v) is 6.36. The monoisotopic (exact) mass is 289 g/mol. The van der Waals surface area contributed by atoms with Crippen LogP contribution in [0.2, 0.25) is 0 Å². The topological polar surface area (TPSA) is 94.9 Å². The minimum absolute atomic E-state index is 0.0647. The third-order valence-electron chi connectivity index (χ3n) is 3.38. The highest BCUT2D eigenvalue weighted by Gasteiger charge is 2.43. The predicted octanol–water partition coefficient (Wildman–Crippen LogP) is 1.36. The van der Waals surface area contributed by atoms with Gasteiger partial charge in [-0.15, -0.1) is 0 Å². The van der Waals surface area contributed by atoms with Crippen LogP contribution in [0.25, 0.3) is 0 Å². The Labute approximate surface area is 121 Å². The molecule has 1 atom stereocenters. The first kappa shape index (κ1) is 14.8. The summed E-state index contributed by atoms with van der Waals surface area (Å²) in [6, 6.07) is 6.15. The number of aliphatic hydroxyl groups is 1. The van der Waals surface area contributed by atoms with Crippen LogP contribution < -0.4 is 0 Å². The summed E-state index contributed by atoms with van der Waals surface area (Å²) in [7, 11) is 0. The fourth-order valence-corrected chi connectivity index (χ4v) is 2.42. The normalized spacial score (nSPS) is 18.3. The lowest BCUT2D eigenvalue weighted by Gasteiger charge is -2.25. The van der Waals surface area contributed by atoms with E-state index in [9.17, 15) is 19.5 Å². The number of amides is 1. The maximum absolute atomic E-state index is 12.0. The van der Waals surface area contributed by atoms with Gasteiger partial charge in [0.1, 0.15) is 6.54 Å². The molecule has 0 spiro atoms. The Kier molecular flexibility index (Phi) is 3.80. The first-order valence-electron chi connectivity index (χ1n) is 6.36. The van der Waals surface area contributed by atoms with Crippen molar-refractivity contribution in [2.24, 2.45) is 0 Å². The van der Waals surface area contributed by atoms with Gasteiger partial charge in [0.15, 0.2) is 11.5 Å². The van der Waals surface area contributed by atoms with E-state index in [-0.39, 0.29) is 5.57 Å². The summed E-state index contributed by atoms with van der Waals surface area (Å²) in [6.45, 7) is 2.54. The van der Waals surface area contributed by atoms with E-state index in [1.807, 2.05) is 6.92 Å². The number of hydrogen-bond acceptors (Lipinski definition) is 4. The standard InChI is InChI=1S/C15H15NO5/c1-8-3-5-10(6-4-8)13-12(9(2)17)14(20)15(21)16(13)7-11(18)19/h3-6,13,20H,7H2,1-2H3,(H,18,19). The summed E-state index contributed by atoms with van der Waals surface area (Å²) < 4.78 is 0. The quantitative estimate of drug-likeness (QED) is 0.872. The Hall–Kier alpha value is -2.63. The van der Waals surface area contributed by atoms with E-state index in [0.29, 0.717) is 5.56 Å². The average molecular weight is 289 g/mol. The number of aryl methyl sites for hydroxylation is 1. The molecule has 2 rings (SSSR count). The van der Waals surface area contributed by atoms with E-state index in [2.05, 4.69) is 0 Å². The zero-order valence-electron chi connectivity index (χ0n) is 11.7. The molecule has 1 aromatic rings. The van der Waals surface area contributed by atoms with E-state index in [1.54, 1.807) is 24.3 Å². The smallest absolute Gasteiger partial charge is 0.323 e. The van der Waals surface area contributed by atoms with Crippen molar-refractivity contribution in [1.29, 1.82) is 0 Å². The summed E-state index contributed by atoms with van der Waals surface area (Å²) in [5.74, 6) is -3.18. The number of carbonyl (C=O) groups is 3. The number of rotatable bonds is 4. The Morgan fingerprint density at radius 2 is 1.81 bits per heavy atom. The van der Waals surface area contributed by atoms with Gasteiger partial charge in [-0.2, -0.15) is 0 Å². The maximum atomic E-state index is 12.0. The number of carbonyl (C=O) groups excluding carboxylic acids is 2. The Balaban J connectivity index is 2.53. The molecule has 1 heterocycles.